The van der Waals surface area contributed by atoms with Gasteiger partial charge in [-0.05, 0) is 32.0 Å². The average Bonchev–Trinajstić information content (AvgIpc) is 3.23. The topological polar surface area (TPSA) is 69.9 Å². The Bertz CT molecular complexity index is 1020. The van der Waals surface area contributed by atoms with Gasteiger partial charge >= 0.3 is 0 Å². The molecule has 0 unspecified atom stereocenters. The number of nitrogens with one attached hydrogen (secondary N) is 1. The molecule has 0 bridgehead atoms. The van der Waals surface area contributed by atoms with E-state index in [9.17, 15) is 4.79 Å². The summed E-state index contributed by atoms with van der Waals surface area (Å²) in [6.45, 7) is 4.47. The van der Waals surface area contributed by atoms with E-state index in [2.05, 4.69) is 5.32 Å². The molecule has 0 aliphatic carbocycles. The number of amides is 1. The standard InChI is InChI=1S/C22H23NO5/c1-4-26-21-8-14-7-13(2)28-19(14)11-18(21)23-22(24)9-15-12-27-20-10-16(25-3)5-6-17(15)20/h5-6,8,10-13H,4,7,9H2,1-3H3,(H,23,24)/t13-/m0/s1. The molecular formula is C22H23NO5. The lowest BCUT2D eigenvalue weighted by Gasteiger charge is -2.13. The molecule has 0 saturated heterocycles. The first kappa shape index (κ1) is 18.2. The third kappa shape index (κ3) is 3.50. The van der Waals surface area contributed by atoms with E-state index in [1.54, 1.807) is 13.4 Å². The molecule has 0 spiro atoms. The van der Waals surface area contributed by atoms with Crippen LogP contribution in [0.2, 0.25) is 0 Å². The fourth-order valence-electron chi connectivity index (χ4n) is 3.51. The number of hydrogen-bond acceptors (Lipinski definition) is 5. The Morgan fingerprint density at radius 2 is 2.14 bits per heavy atom. The number of rotatable bonds is 6. The number of methoxy groups -OCH3 is 1. The SMILES string of the molecule is CCOc1cc2c(cc1NC(=O)Cc1coc3cc(OC)ccc13)O[C@@H](C)C2. The van der Waals surface area contributed by atoms with Crippen LogP contribution in [0, 0.1) is 0 Å². The molecule has 3 aromatic rings. The van der Waals surface area contributed by atoms with Gasteiger partial charge in [0.1, 0.15) is 28.9 Å². The van der Waals surface area contributed by atoms with Gasteiger partial charge in [0, 0.05) is 35.1 Å². The molecule has 2 heterocycles. The number of anilines is 1. The molecule has 0 saturated carbocycles. The number of ether oxygens (including phenoxy) is 3. The zero-order chi connectivity index (χ0) is 19.7. The molecule has 6 heteroatoms. The van der Waals surface area contributed by atoms with Gasteiger partial charge in [0.2, 0.25) is 5.91 Å². The normalized spacial score (nSPS) is 15.2. The highest BCUT2D eigenvalue weighted by molar-refractivity contribution is 5.96. The summed E-state index contributed by atoms with van der Waals surface area (Å²) in [7, 11) is 1.61. The van der Waals surface area contributed by atoms with E-state index in [4.69, 9.17) is 18.6 Å². The molecule has 2 aromatic carbocycles. The van der Waals surface area contributed by atoms with Crippen LogP contribution in [0.3, 0.4) is 0 Å². The van der Waals surface area contributed by atoms with Crippen LogP contribution in [0.25, 0.3) is 11.0 Å². The largest absolute Gasteiger partial charge is 0.497 e. The van der Waals surface area contributed by atoms with Crippen molar-refractivity contribution < 1.29 is 23.4 Å². The van der Waals surface area contributed by atoms with Crippen molar-refractivity contribution in [2.75, 3.05) is 19.0 Å². The van der Waals surface area contributed by atoms with Gasteiger partial charge in [-0.15, -0.1) is 0 Å². The fourth-order valence-corrected chi connectivity index (χ4v) is 3.51. The van der Waals surface area contributed by atoms with Crippen LogP contribution in [0.4, 0.5) is 5.69 Å². The number of fused-ring (bicyclic) bond motifs is 2. The van der Waals surface area contributed by atoms with Crippen molar-refractivity contribution >= 4 is 22.6 Å². The van der Waals surface area contributed by atoms with E-state index < -0.39 is 0 Å². The second kappa shape index (κ2) is 7.46. The Morgan fingerprint density at radius 3 is 2.93 bits per heavy atom. The fraction of sp³-hybridized carbons (Fsp3) is 0.318. The van der Waals surface area contributed by atoms with E-state index in [1.165, 1.54) is 0 Å². The van der Waals surface area contributed by atoms with E-state index >= 15 is 0 Å². The zero-order valence-electron chi connectivity index (χ0n) is 16.2. The Morgan fingerprint density at radius 1 is 1.29 bits per heavy atom. The van der Waals surface area contributed by atoms with Gasteiger partial charge in [-0.3, -0.25) is 4.79 Å². The lowest BCUT2D eigenvalue weighted by molar-refractivity contribution is -0.115. The van der Waals surface area contributed by atoms with Crippen molar-refractivity contribution in [3.05, 3.63) is 47.7 Å². The smallest absolute Gasteiger partial charge is 0.229 e. The first-order chi connectivity index (χ1) is 13.6. The van der Waals surface area contributed by atoms with Crippen LogP contribution in [0.1, 0.15) is 25.0 Å². The minimum atomic E-state index is -0.148. The van der Waals surface area contributed by atoms with Gasteiger partial charge in [-0.1, -0.05) is 0 Å². The Hall–Kier alpha value is -3.15. The maximum absolute atomic E-state index is 12.7. The van der Waals surface area contributed by atoms with Crippen molar-refractivity contribution in [1.82, 2.24) is 0 Å². The molecular weight excluding hydrogens is 358 g/mol. The second-order valence-electron chi connectivity index (χ2n) is 6.87. The summed E-state index contributed by atoms with van der Waals surface area (Å²) in [6.07, 6.45) is 2.78. The molecule has 1 aromatic heterocycles. The van der Waals surface area contributed by atoms with E-state index in [-0.39, 0.29) is 18.4 Å². The van der Waals surface area contributed by atoms with Gasteiger partial charge in [-0.2, -0.15) is 0 Å². The molecule has 1 N–H and O–H groups in total. The summed E-state index contributed by atoms with van der Waals surface area (Å²) in [5.74, 6) is 2.03. The predicted molar refractivity (Wildman–Crippen MR) is 107 cm³/mol. The van der Waals surface area contributed by atoms with Gasteiger partial charge in [0.25, 0.3) is 0 Å². The molecule has 1 aliphatic heterocycles. The number of hydrogen-bond donors (Lipinski definition) is 1. The quantitative estimate of drug-likeness (QED) is 0.688. The molecule has 0 fully saturated rings. The van der Waals surface area contributed by atoms with Crippen LogP contribution in [0.5, 0.6) is 17.2 Å². The van der Waals surface area contributed by atoms with Gasteiger partial charge in [0.15, 0.2) is 0 Å². The number of carbonyl (C=O) groups excluding carboxylic acids is 1. The summed E-state index contributed by atoms with van der Waals surface area (Å²) < 4.78 is 22.3. The molecule has 28 heavy (non-hydrogen) atoms. The molecule has 1 aliphatic rings. The zero-order valence-corrected chi connectivity index (χ0v) is 16.2. The Labute approximate surface area is 163 Å². The lowest BCUT2D eigenvalue weighted by Crippen LogP contribution is -2.15. The Kier molecular flexibility index (Phi) is 4.86. The maximum atomic E-state index is 12.7. The molecule has 146 valence electrons. The van der Waals surface area contributed by atoms with Gasteiger partial charge in [-0.25, -0.2) is 0 Å². The van der Waals surface area contributed by atoms with Crippen LogP contribution in [-0.2, 0) is 17.6 Å². The lowest BCUT2D eigenvalue weighted by atomic mass is 10.1. The monoisotopic (exact) mass is 381 g/mol. The van der Waals surface area contributed by atoms with Crippen molar-refractivity contribution in [2.24, 2.45) is 0 Å². The van der Waals surface area contributed by atoms with Gasteiger partial charge < -0.3 is 23.9 Å². The second-order valence-corrected chi connectivity index (χ2v) is 6.87. The minimum absolute atomic E-state index is 0.129. The summed E-state index contributed by atoms with van der Waals surface area (Å²) in [5, 5.41) is 3.85. The molecule has 4 rings (SSSR count). The summed E-state index contributed by atoms with van der Waals surface area (Å²) >= 11 is 0. The highest BCUT2D eigenvalue weighted by Gasteiger charge is 2.23. The Balaban J connectivity index is 1.55. The first-order valence-corrected chi connectivity index (χ1v) is 9.37. The van der Waals surface area contributed by atoms with E-state index in [0.717, 1.165) is 28.7 Å². The highest BCUT2D eigenvalue weighted by Crippen LogP contribution is 2.38. The number of carbonyl (C=O) groups is 1. The average molecular weight is 381 g/mol. The third-order valence-corrected chi connectivity index (χ3v) is 4.79. The molecule has 6 nitrogen and oxygen atoms in total. The van der Waals surface area contributed by atoms with Crippen LogP contribution >= 0.6 is 0 Å². The third-order valence-electron chi connectivity index (χ3n) is 4.79. The number of furan rings is 1. The summed E-state index contributed by atoms with van der Waals surface area (Å²) in [6, 6.07) is 9.36. The molecule has 1 amide bonds. The maximum Gasteiger partial charge on any atom is 0.229 e. The molecule has 0 radical (unpaired) electrons. The predicted octanol–water partition coefficient (Wildman–Crippen LogP) is 4.34. The minimum Gasteiger partial charge on any atom is -0.497 e. The highest BCUT2D eigenvalue weighted by atomic mass is 16.5. The van der Waals surface area contributed by atoms with E-state index in [1.807, 2.05) is 44.2 Å². The van der Waals surface area contributed by atoms with Crippen LogP contribution in [0.15, 0.2) is 41.0 Å². The summed E-state index contributed by atoms with van der Waals surface area (Å²) in [4.78, 5) is 12.7. The van der Waals surface area contributed by atoms with Gasteiger partial charge in [0.05, 0.1) is 32.1 Å². The number of benzene rings is 2. The van der Waals surface area contributed by atoms with Crippen molar-refractivity contribution in [2.45, 2.75) is 32.8 Å². The first-order valence-electron chi connectivity index (χ1n) is 9.37. The summed E-state index contributed by atoms with van der Waals surface area (Å²) in [5.41, 5.74) is 3.23. The van der Waals surface area contributed by atoms with Crippen molar-refractivity contribution in [3.8, 4) is 17.2 Å². The van der Waals surface area contributed by atoms with Crippen LogP contribution < -0.4 is 19.5 Å². The molecule has 1 atom stereocenters. The van der Waals surface area contributed by atoms with E-state index in [0.29, 0.717) is 29.4 Å². The van der Waals surface area contributed by atoms with Crippen molar-refractivity contribution in [1.29, 1.82) is 0 Å². The van der Waals surface area contributed by atoms with Crippen molar-refractivity contribution in [3.63, 3.8) is 0 Å². The van der Waals surface area contributed by atoms with Crippen LogP contribution in [-0.4, -0.2) is 25.7 Å².